The van der Waals surface area contributed by atoms with Crippen LogP contribution in [0.4, 0.5) is 0 Å². The number of likely N-dealkylation sites (tertiary alicyclic amines) is 1. The zero-order valence-electron chi connectivity index (χ0n) is 13.0. The monoisotopic (exact) mass is 346 g/mol. The van der Waals surface area contributed by atoms with E-state index >= 15 is 0 Å². The van der Waals surface area contributed by atoms with Gasteiger partial charge >= 0.3 is 0 Å². The molecule has 1 aromatic rings. The highest BCUT2D eigenvalue weighted by molar-refractivity contribution is 6.30. The lowest BCUT2D eigenvalue weighted by Crippen LogP contribution is -2.45. The first-order valence-electron chi connectivity index (χ1n) is 7.45. The molecule has 4 nitrogen and oxygen atoms in total. The van der Waals surface area contributed by atoms with Crippen LogP contribution in [-0.4, -0.2) is 43.6 Å². The van der Waals surface area contributed by atoms with Gasteiger partial charge in [-0.2, -0.15) is 0 Å². The number of carbonyl (C=O) groups excluding carboxylic acids is 1. The molecule has 1 fully saturated rings. The number of halogens is 2. The molecule has 1 aliphatic rings. The Kier molecular flexibility index (Phi) is 8.01. The van der Waals surface area contributed by atoms with Gasteiger partial charge in [-0.3, -0.25) is 4.79 Å². The lowest BCUT2D eigenvalue weighted by molar-refractivity contribution is -0.139. The molecule has 1 unspecified atom stereocenters. The molecule has 6 heteroatoms. The van der Waals surface area contributed by atoms with Crippen LogP contribution in [0.2, 0.25) is 5.02 Å². The van der Waals surface area contributed by atoms with E-state index in [0.29, 0.717) is 16.7 Å². The van der Waals surface area contributed by atoms with Crippen LogP contribution in [0.25, 0.3) is 0 Å². The number of hydrogen-bond donors (Lipinski definition) is 1. The molecule has 1 saturated heterocycles. The molecule has 0 saturated carbocycles. The standard InChI is InChI=1S/C16H23ClN2O2.ClH/c1-12(21-15-5-3-4-14(17)10-15)16(20)19-8-6-13(7-9-19)11-18-2;/h3-5,10,12-13,18H,6-9,11H2,1-2H3;1H. The molecule has 0 aromatic heterocycles. The Morgan fingerprint density at radius 1 is 1.45 bits per heavy atom. The first-order chi connectivity index (χ1) is 10.1. The number of ether oxygens (including phenoxy) is 1. The van der Waals surface area contributed by atoms with Gasteiger partial charge in [0.2, 0.25) is 0 Å². The Labute approximate surface area is 143 Å². The Hall–Kier alpha value is -0.970. The van der Waals surface area contributed by atoms with E-state index < -0.39 is 6.10 Å². The van der Waals surface area contributed by atoms with E-state index in [1.807, 2.05) is 24.1 Å². The molecule has 0 radical (unpaired) electrons. The minimum absolute atomic E-state index is 0. The summed E-state index contributed by atoms with van der Waals surface area (Å²) in [6.45, 7) is 4.45. The summed E-state index contributed by atoms with van der Waals surface area (Å²) in [6, 6.07) is 7.14. The van der Waals surface area contributed by atoms with Crippen LogP contribution in [0.1, 0.15) is 19.8 Å². The normalized spacial score (nSPS) is 16.8. The third kappa shape index (κ3) is 5.34. The second-order valence-corrected chi connectivity index (χ2v) is 5.98. The van der Waals surface area contributed by atoms with E-state index in [4.69, 9.17) is 16.3 Å². The van der Waals surface area contributed by atoms with E-state index in [9.17, 15) is 4.79 Å². The highest BCUT2D eigenvalue weighted by Gasteiger charge is 2.26. The van der Waals surface area contributed by atoms with Crippen LogP contribution in [0, 0.1) is 5.92 Å². The van der Waals surface area contributed by atoms with Crippen molar-refractivity contribution >= 4 is 29.9 Å². The number of nitrogens with one attached hydrogen (secondary N) is 1. The van der Waals surface area contributed by atoms with Gasteiger partial charge in [0.05, 0.1) is 0 Å². The molecule has 0 aliphatic carbocycles. The van der Waals surface area contributed by atoms with E-state index in [-0.39, 0.29) is 18.3 Å². The zero-order valence-corrected chi connectivity index (χ0v) is 14.6. The number of carbonyl (C=O) groups is 1. The van der Waals surface area contributed by atoms with Crippen molar-refractivity contribution in [1.29, 1.82) is 0 Å². The number of rotatable bonds is 5. The first-order valence-corrected chi connectivity index (χ1v) is 7.83. The Morgan fingerprint density at radius 2 is 2.14 bits per heavy atom. The SMILES string of the molecule is CNCC1CCN(C(=O)C(C)Oc2cccc(Cl)c2)CC1.Cl. The quantitative estimate of drug-likeness (QED) is 0.890. The van der Waals surface area contributed by atoms with Crippen LogP contribution in [0.5, 0.6) is 5.75 Å². The minimum atomic E-state index is -0.482. The van der Waals surface area contributed by atoms with Crippen molar-refractivity contribution in [1.82, 2.24) is 10.2 Å². The molecule has 2 rings (SSSR count). The molecular weight excluding hydrogens is 323 g/mol. The van der Waals surface area contributed by atoms with Gasteiger partial charge in [0.25, 0.3) is 5.91 Å². The fourth-order valence-corrected chi connectivity index (χ4v) is 2.88. The molecular formula is C16H24Cl2N2O2. The van der Waals surface area contributed by atoms with Gasteiger partial charge in [-0.25, -0.2) is 0 Å². The second-order valence-electron chi connectivity index (χ2n) is 5.54. The van der Waals surface area contributed by atoms with Crippen LogP contribution in [0.15, 0.2) is 24.3 Å². The number of amides is 1. The largest absolute Gasteiger partial charge is 0.481 e. The molecule has 22 heavy (non-hydrogen) atoms. The van der Waals surface area contributed by atoms with E-state index in [1.54, 1.807) is 19.1 Å². The summed E-state index contributed by atoms with van der Waals surface area (Å²) in [7, 11) is 1.97. The van der Waals surface area contributed by atoms with Crippen LogP contribution < -0.4 is 10.1 Å². The Bertz CT molecular complexity index is 477. The smallest absolute Gasteiger partial charge is 0.263 e. The van der Waals surface area contributed by atoms with Gasteiger partial charge in [0.1, 0.15) is 5.75 Å². The van der Waals surface area contributed by atoms with Crippen molar-refractivity contribution in [3.8, 4) is 5.75 Å². The second kappa shape index (κ2) is 9.23. The van der Waals surface area contributed by atoms with Crippen LogP contribution in [0.3, 0.4) is 0 Å². The topological polar surface area (TPSA) is 41.6 Å². The third-order valence-corrected chi connectivity index (χ3v) is 4.11. The third-order valence-electron chi connectivity index (χ3n) is 3.88. The Balaban J connectivity index is 0.00000242. The van der Waals surface area contributed by atoms with Gasteiger partial charge in [-0.15, -0.1) is 12.4 Å². The van der Waals surface area contributed by atoms with Gasteiger partial charge in [0, 0.05) is 18.1 Å². The zero-order chi connectivity index (χ0) is 15.2. The predicted molar refractivity (Wildman–Crippen MR) is 92.0 cm³/mol. The number of benzene rings is 1. The maximum absolute atomic E-state index is 12.4. The van der Waals surface area contributed by atoms with Crippen molar-refractivity contribution < 1.29 is 9.53 Å². The number of nitrogens with zero attached hydrogens (tertiary/aromatic N) is 1. The number of hydrogen-bond acceptors (Lipinski definition) is 3. The van der Waals surface area contributed by atoms with Crippen molar-refractivity contribution in [2.24, 2.45) is 5.92 Å². The average Bonchev–Trinajstić information content (AvgIpc) is 2.47. The minimum Gasteiger partial charge on any atom is -0.481 e. The van der Waals surface area contributed by atoms with Gasteiger partial charge < -0.3 is 15.0 Å². The van der Waals surface area contributed by atoms with E-state index in [1.165, 1.54) is 0 Å². The lowest BCUT2D eigenvalue weighted by Gasteiger charge is -2.33. The molecule has 0 bridgehead atoms. The van der Waals surface area contributed by atoms with Crippen molar-refractivity contribution in [3.05, 3.63) is 29.3 Å². The summed E-state index contributed by atoms with van der Waals surface area (Å²) in [4.78, 5) is 14.3. The molecule has 1 amide bonds. The summed E-state index contributed by atoms with van der Waals surface area (Å²) in [5, 5.41) is 3.81. The fraction of sp³-hybridized carbons (Fsp3) is 0.562. The highest BCUT2D eigenvalue weighted by atomic mass is 35.5. The summed E-state index contributed by atoms with van der Waals surface area (Å²) in [5.41, 5.74) is 0. The lowest BCUT2D eigenvalue weighted by atomic mass is 9.96. The molecule has 1 heterocycles. The number of piperidine rings is 1. The molecule has 1 aromatic carbocycles. The summed E-state index contributed by atoms with van der Waals surface area (Å²) >= 11 is 5.92. The van der Waals surface area contributed by atoms with Gasteiger partial charge in [-0.05, 0) is 57.5 Å². The van der Waals surface area contributed by atoms with E-state index in [2.05, 4.69) is 5.32 Å². The van der Waals surface area contributed by atoms with Crippen molar-refractivity contribution in [2.75, 3.05) is 26.7 Å². The Morgan fingerprint density at radius 3 is 2.73 bits per heavy atom. The van der Waals surface area contributed by atoms with Crippen molar-refractivity contribution in [2.45, 2.75) is 25.9 Å². The molecule has 124 valence electrons. The molecule has 1 atom stereocenters. The predicted octanol–water partition coefficient (Wildman–Crippen LogP) is 2.99. The van der Waals surface area contributed by atoms with Gasteiger partial charge in [-0.1, -0.05) is 17.7 Å². The summed E-state index contributed by atoms with van der Waals surface area (Å²) in [5.74, 6) is 1.36. The average molecular weight is 347 g/mol. The van der Waals surface area contributed by atoms with Crippen molar-refractivity contribution in [3.63, 3.8) is 0 Å². The summed E-state index contributed by atoms with van der Waals surface area (Å²) in [6.07, 6.45) is 1.62. The van der Waals surface area contributed by atoms with E-state index in [0.717, 1.165) is 32.5 Å². The first kappa shape index (κ1) is 19.1. The maximum Gasteiger partial charge on any atom is 0.263 e. The van der Waals surface area contributed by atoms with Crippen LogP contribution in [-0.2, 0) is 4.79 Å². The maximum atomic E-state index is 12.4. The molecule has 1 N–H and O–H groups in total. The molecule has 1 aliphatic heterocycles. The van der Waals surface area contributed by atoms with Crippen LogP contribution >= 0.6 is 24.0 Å². The molecule has 0 spiro atoms. The fourth-order valence-electron chi connectivity index (χ4n) is 2.70. The highest BCUT2D eigenvalue weighted by Crippen LogP contribution is 2.21. The summed E-state index contributed by atoms with van der Waals surface area (Å²) < 4.78 is 5.70. The van der Waals surface area contributed by atoms with Gasteiger partial charge in [0.15, 0.2) is 6.10 Å².